The van der Waals surface area contributed by atoms with Crippen molar-refractivity contribution in [3.63, 3.8) is 0 Å². The number of carbonyl (C=O) groups is 2. The zero-order valence-electron chi connectivity index (χ0n) is 20.5. The minimum atomic E-state index is -1.27. The van der Waals surface area contributed by atoms with Gasteiger partial charge >= 0.3 is 12.1 Å². The molecule has 0 bridgehead atoms. The highest BCUT2D eigenvalue weighted by atomic mass is 35.5. The summed E-state index contributed by atoms with van der Waals surface area (Å²) < 4.78 is 6.55. The number of carbonyl (C=O) groups excluding carboxylic acids is 1. The smallest absolute Gasteiger partial charge is 0.405 e. The SMILES string of the molecule is CC(NC(=O)O)c1nc2cccc(Cl)c2c(=O)n1-c1cccc(NC(=O)Nc2cc(C(C)(C)C)on2)c1. The lowest BCUT2D eigenvalue weighted by atomic mass is 9.93. The molecule has 4 N–H and O–H groups in total. The number of nitrogens with zero attached hydrogens (tertiary/aromatic N) is 3. The zero-order valence-corrected chi connectivity index (χ0v) is 21.3. The summed E-state index contributed by atoms with van der Waals surface area (Å²) in [5.41, 5.74) is 0.293. The number of amides is 3. The van der Waals surface area contributed by atoms with E-state index in [0.717, 1.165) is 0 Å². The number of urea groups is 1. The fraction of sp³-hybridized carbons (Fsp3) is 0.240. The van der Waals surface area contributed by atoms with Gasteiger partial charge in [-0.1, -0.05) is 49.7 Å². The van der Waals surface area contributed by atoms with Crippen LogP contribution in [-0.2, 0) is 5.41 Å². The second-order valence-corrected chi connectivity index (χ2v) is 9.78. The third kappa shape index (κ3) is 5.56. The molecule has 4 rings (SSSR count). The molecule has 0 aliphatic heterocycles. The standard InChI is InChI=1S/C25H25ClN6O5/c1-13(27-24(35)36)21-29-17-10-6-9-16(26)20(17)22(33)32(21)15-8-5-7-14(11-15)28-23(34)30-19-12-18(37-31-19)25(2,3)4/h5-13,27H,1-4H3,(H,35,36)(H2,28,30,31,34). The van der Waals surface area contributed by atoms with Crippen molar-refractivity contribution < 1.29 is 19.2 Å². The fourth-order valence-corrected chi connectivity index (χ4v) is 3.94. The number of benzene rings is 2. The van der Waals surface area contributed by atoms with Gasteiger partial charge in [0.2, 0.25) is 0 Å². The van der Waals surface area contributed by atoms with Crippen LogP contribution in [0.2, 0.25) is 5.02 Å². The van der Waals surface area contributed by atoms with Crippen molar-refractivity contribution >= 4 is 46.1 Å². The number of carboxylic acid groups (broad SMARTS) is 1. The highest BCUT2D eigenvalue weighted by Crippen LogP contribution is 2.26. The first kappa shape index (κ1) is 25.7. The van der Waals surface area contributed by atoms with Crippen LogP contribution in [0.25, 0.3) is 16.6 Å². The van der Waals surface area contributed by atoms with Crippen LogP contribution in [0.15, 0.2) is 57.8 Å². The van der Waals surface area contributed by atoms with Crippen LogP contribution in [0.4, 0.5) is 21.1 Å². The van der Waals surface area contributed by atoms with E-state index in [1.165, 1.54) is 4.57 Å². The lowest BCUT2D eigenvalue weighted by molar-refractivity contribution is 0.190. The van der Waals surface area contributed by atoms with Gasteiger partial charge in [0.25, 0.3) is 5.56 Å². The predicted octanol–water partition coefficient (Wildman–Crippen LogP) is 5.30. The molecule has 0 saturated carbocycles. The van der Waals surface area contributed by atoms with Crippen molar-refractivity contribution in [1.82, 2.24) is 20.0 Å². The van der Waals surface area contributed by atoms with Crippen molar-refractivity contribution in [3.8, 4) is 5.69 Å². The largest absolute Gasteiger partial charge is 0.465 e. The Kier molecular flexibility index (Phi) is 6.90. The number of anilines is 2. The lowest BCUT2D eigenvalue weighted by Gasteiger charge is -2.19. The van der Waals surface area contributed by atoms with E-state index in [-0.39, 0.29) is 27.5 Å². The molecule has 1 atom stereocenters. The molecule has 3 amide bonds. The molecular formula is C25H25ClN6O5. The quantitative estimate of drug-likeness (QED) is 0.276. The second kappa shape index (κ2) is 9.94. The van der Waals surface area contributed by atoms with Gasteiger partial charge in [0, 0.05) is 17.2 Å². The van der Waals surface area contributed by atoms with Crippen LogP contribution in [-0.4, -0.2) is 31.9 Å². The lowest BCUT2D eigenvalue weighted by Crippen LogP contribution is -2.32. The first-order chi connectivity index (χ1) is 17.4. The van der Waals surface area contributed by atoms with E-state index < -0.39 is 23.7 Å². The molecule has 2 aromatic carbocycles. The molecule has 0 aliphatic rings. The van der Waals surface area contributed by atoms with Crippen LogP contribution < -0.4 is 21.5 Å². The van der Waals surface area contributed by atoms with Crippen LogP contribution >= 0.6 is 11.6 Å². The summed E-state index contributed by atoms with van der Waals surface area (Å²) >= 11 is 6.30. The van der Waals surface area contributed by atoms with Crippen LogP contribution in [0, 0.1) is 0 Å². The summed E-state index contributed by atoms with van der Waals surface area (Å²) in [4.78, 5) is 42.0. The second-order valence-electron chi connectivity index (χ2n) is 9.37. The van der Waals surface area contributed by atoms with E-state index in [1.807, 2.05) is 20.8 Å². The first-order valence-corrected chi connectivity index (χ1v) is 11.7. The highest BCUT2D eigenvalue weighted by Gasteiger charge is 2.22. The summed E-state index contributed by atoms with van der Waals surface area (Å²) in [5.74, 6) is 1.02. The molecular weight excluding hydrogens is 500 g/mol. The van der Waals surface area contributed by atoms with Crippen molar-refractivity contribution in [1.29, 1.82) is 0 Å². The Balaban J connectivity index is 1.70. The van der Waals surface area contributed by atoms with E-state index in [4.69, 9.17) is 16.1 Å². The molecule has 2 aromatic heterocycles. The van der Waals surface area contributed by atoms with Gasteiger partial charge in [-0.05, 0) is 37.3 Å². The van der Waals surface area contributed by atoms with E-state index in [9.17, 15) is 19.5 Å². The zero-order chi connectivity index (χ0) is 26.9. The van der Waals surface area contributed by atoms with Gasteiger partial charge in [-0.2, -0.15) is 0 Å². The summed E-state index contributed by atoms with van der Waals surface area (Å²) in [6.07, 6.45) is -1.27. The highest BCUT2D eigenvalue weighted by molar-refractivity contribution is 6.35. The molecule has 12 heteroatoms. The average Bonchev–Trinajstić information content (AvgIpc) is 3.27. The van der Waals surface area contributed by atoms with Crippen LogP contribution in [0.1, 0.15) is 45.3 Å². The number of hydrogen-bond donors (Lipinski definition) is 4. The van der Waals surface area contributed by atoms with Crippen molar-refractivity contribution in [2.45, 2.75) is 39.2 Å². The number of rotatable bonds is 5. The number of fused-ring (bicyclic) bond motifs is 1. The number of aromatic nitrogens is 3. The minimum absolute atomic E-state index is 0.154. The fourth-order valence-electron chi connectivity index (χ4n) is 3.69. The van der Waals surface area contributed by atoms with Crippen molar-refractivity contribution in [2.75, 3.05) is 10.6 Å². The Bertz CT molecular complexity index is 1560. The maximum absolute atomic E-state index is 13.6. The van der Waals surface area contributed by atoms with Gasteiger partial charge in [-0.3, -0.25) is 14.7 Å². The van der Waals surface area contributed by atoms with Crippen molar-refractivity contribution in [2.24, 2.45) is 0 Å². The molecule has 4 aromatic rings. The summed E-state index contributed by atoms with van der Waals surface area (Å²) in [7, 11) is 0. The number of halogens is 1. The number of hydrogen-bond acceptors (Lipinski definition) is 6. The van der Waals surface area contributed by atoms with Gasteiger partial charge in [0.1, 0.15) is 11.6 Å². The summed E-state index contributed by atoms with van der Waals surface area (Å²) in [5, 5.41) is 21.1. The summed E-state index contributed by atoms with van der Waals surface area (Å²) in [6.45, 7) is 7.45. The third-order valence-electron chi connectivity index (χ3n) is 5.45. The molecule has 11 nitrogen and oxygen atoms in total. The Morgan fingerprint density at radius 3 is 2.51 bits per heavy atom. The van der Waals surface area contributed by atoms with E-state index in [1.54, 1.807) is 55.5 Å². The number of nitrogens with one attached hydrogen (secondary N) is 3. The topological polar surface area (TPSA) is 151 Å². The molecule has 1 unspecified atom stereocenters. The molecule has 0 saturated heterocycles. The van der Waals surface area contributed by atoms with Crippen molar-refractivity contribution in [3.05, 3.63) is 75.5 Å². The summed E-state index contributed by atoms with van der Waals surface area (Å²) in [6, 6.07) is 11.6. The van der Waals surface area contributed by atoms with E-state index in [0.29, 0.717) is 22.7 Å². The Hall–Kier alpha value is -4.38. The molecule has 37 heavy (non-hydrogen) atoms. The van der Waals surface area contributed by atoms with Gasteiger partial charge < -0.3 is 20.3 Å². The minimum Gasteiger partial charge on any atom is -0.465 e. The molecule has 0 radical (unpaired) electrons. The monoisotopic (exact) mass is 524 g/mol. The Morgan fingerprint density at radius 1 is 1.11 bits per heavy atom. The van der Waals surface area contributed by atoms with Gasteiger partial charge in [-0.25, -0.2) is 14.6 Å². The van der Waals surface area contributed by atoms with E-state index in [2.05, 4.69) is 26.1 Å². The van der Waals surface area contributed by atoms with Gasteiger partial charge in [0.15, 0.2) is 5.82 Å². The Labute approximate surface area is 216 Å². The normalized spacial score (nSPS) is 12.2. The molecule has 2 heterocycles. The molecule has 0 spiro atoms. The first-order valence-electron chi connectivity index (χ1n) is 11.3. The molecule has 0 fully saturated rings. The Morgan fingerprint density at radius 2 is 1.84 bits per heavy atom. The molecule has 192 valence electrons. The predicted molar refractivity (Wildman–Crippen MR) is 140 cm³/mol. The van der Waals surface area contributed by atoms with Crippen LogP contribution in [0.5, 0.6) is 0 Å². The van der Waals surface area contributed by atoms with E-state index >= 15 is 0 Å². The van der Waals surface area contributed by atoms with Crippen LogP contribution in [0.3, 0.4) is 0 Å². The maximum atomic E-state index is 13.6. The maximum Gasteiger partial charge on any atom is 0.405 e. The molecule has 0 aliphatic carbocycles. The van der Waals surface area contributed by atoms with Gasteiger partial charge in [0.05, 0.1) is 27.7 Å². The van der Waals surface area contributed by atoms with Gasteiger partial charge in [-0.15, -0.1) is 0 Å². The average molecular weight is 525 g/mol. The third-order valence-corrected chi connectivity index (χ3v) is 5.77.